The van der Waals surface area contributed by atoms with Crippen molar-refractivity contribution in [2.24, 2.45) is 29.4 Å². The van der Waals surface area contributed by atoms with E-state index in [1.165, 1.54) is 19.3 Å². The molecule has 1 fully saturated rings. The van der Waals surface area contributed by atoms with Crippen LogP contribution in [0.5, 0.6) is 0 Å². The van der Waals surface area contributed by atoms with E-state index in [-0.39, 0.29) is 0 Å². The first kappa shape index (κ1) is 11.0. The van der Waals surface area contributed by atoms with E-state index < -0.39 is 0 Å². The average molecular weight is 183 g/mol. The molecule has 78 valence electrons. The molecule has 1 aliphatic rings. The predicted octanol–water partition coefficient (Wildman–Crippen LogP) is 3.04. The molecule has 1 nitrogen and oxygen atoms in total. The van der Waals surface area contributed by atoms with Gasteiger partial charge in [-0.15, -0.1) is 0 Å². The highest BCUT2D eigenvalue weighted by atomic mass is 14.6. The second kappa shape index (κ2) is 4.45. The van der Waals surface area contributed by atoms with Crippen LogP contribution in [0.4, 0.5) is 0 Å². The van der Waals surface area contributed by atoms with Crippen LogP contribution in [-0.4, -0.2) is 6.04 Å². The summed E-state index contributed by atoms with van der Waals surface area (Å²) < 4.78 is 0. The molecular formula is C12H25N. The first-order chi connectivity index (χ1) is 6.02. The highest BCUT2D eigenvalue weighted by Gasteiger charge is 2.32. The lowest BCUT2D eigenvalue weighted by Crippen LogP contribution is -2.38. The van der Waals surface area contributed by atoms with Crippen molar-refractivity contribution in [1.82, 2.24) is 0 Å². The Bertz CT molecular complexity index is 151. The summed E-state index contributed by atoms with van der Waals surface area (Å²) in [6.07, 6.45) is 4.13. The van der Waals surface area contributed by atoms with Crippen LogP contribution < -0.4 is 5.73 Å². The van der Waals surface area contributed by atoms with Crippen LogP contribution in [0.25, 0.3) is 0 Å². The van der Waals surface area contributed by atoms with Gasteiger partial charge >= 0.3 is 0 Å². The van der Waals surface area contributed by atoms with Crippen LogP contribution in [0, 0.1) is 23.7 Å². The zero-order chi connectivity index (χ0) is 10.0. The topological polar surface area (TPSA) is 26.0 Å². The fourth-order valence-corrected chi connectivity index (χ4v) is 2.87. The Morgan fingerprint density at radius 2 is 1.69 bits per heavy atom. The van der Waals surface area contributed by atoms with Crippen LogP contribution in [0.2, 0.25) is 0 Å². The van der Waals surface area contributed by atoms with Crippen LogP contribution >= 0.6 is 0 Å². The van der Waals surface area contributed by atoms with E-state index in [2.05, 4.69) is 27.7 Å². The molecule has 0 saturated heterocycles. The third kappa shape index (κ3) is 2.70. The van der Waals surface area contributed by atoms with Gasteiger partial charge in [-0.05, 0) is 43.4 Å². The lowest BCUT2D eigenvalue weighted by atomic mass is 9.68. The van der Waals surface area contributed by atoms with Crippen molar-refractivity contribution in [1.29, 1.82) is 0 Å². The van der Waals surface area contributed by atoms with Gasteiger partial charge in [-0.25, -0.2) is 0 Å². The second-order valence-electron chi connectivity index (χ2n) is 5.35. The van der Waals surface area contributed by atoms with Gasteiger partial charge in [-0.2, -0.15) is 0 Å². The molecule has 0 aliphatic heterocycles. The van der Waals surface area contributed by atoms with Crippen molar-refractivity contribution in [2.75, 3.05) is 0 Å². The maximum absolute atomic E-state index is 6.04. The van der Waals surface area contributed by atoms with E-state index in [4.69, 9.17) is 5.73 Å². The molecule has 1 heteroatoms. The summed E-state index contributed by atoms with van der Waals surface area (Å²) in [4.78, 5) is 0. The largest absolute Gasteiger partial charge is 0.328 e. The van der Waals surface area contributed by atoms with Gasteiger partial charge in [0.2, 0.25) is 0 Å². The molecule has 0 spiro atoms. The van der Waals surface area contributed by atoms with E-state index in [1.54, 1.807) is 0 Å². The van der Waals surface area contributed by atoms with Crippen LogP contribution in [-0.2, 0) is 0 Å². The Kier molecular flexibility index (Phi) is 3.78. The summed E-state index contributed by atoms with van der Waals surface area (Å²) in [5.41, 5.74) is 6.04. The highest BCUT2D eigenvalue weighted by molar-refractivity contribution is 4.84. The Morgan fingerprint density at radius 3 is 2.15 bits per heavy atom. The van der Waals surface area contributed by atoms with Gasteiger partial charge in [0, 0.05) is 6.04 Å². The Labute approximate surface area is 83.1 Å². The number of rotatable bonds is 2. The van der Waals surface area contributed by atoms with Gasteiger partial charge in [0.15, 0.2) is 0 Å². The van der Waals surface area contributed by atoms with Crippen molar-refractivity contribution in [3.8, 4) is 0 Å². The highest BCUT2D eigenvalue weighted by Crippen LogP contribution is 2.39. The number of hydrogen-bond acceptors (Lipinski definition) is 1. The van der Waals surface area contributed by atoms with E-state index in [0.29, 0.717) is 6.04 Å². The lowest BCUT2D eigenvalue weighted by molar-refractivity contribution is 0.125. The summed E-state index contributed by atoms with van der Waals surface area (Å²) in [6.45, 7) is 9.25. The molecule has 1 rings (SSSR count). The SMILES string of the molecule is CC(C)[C@@H]1C[C@H](C)CC[C@H]1C(C)N. The van der Waals surface area contributed by atoms with Gasteiger partial charge < -0.3 is 5.73 Å². The Morgan fingerprint density at radius 1 is 1.08 bits per heavy atom. The van der Waals surface area contributed by atoms with Crippen molar-refractivity contribution >= 4 is 0 Å². The summed E-state index contributed by atoms with van der Waals surface area (Å²) in [6, 6.07) is 0.389. The quantitative estimate of drug-likeness (QED) is 0.699. The fourth-order valence-electron chi connectivity index (χ4n) is 2.87. The van der Waals surface area contributed by atoms with Crippen molar-refractivity contribution in [2.45, 2.75) is 53.0 Å². The lowest BCUT2D eigenvalue weighted by Gasteiger charge is -2.39. The summed E-state index contributed by atoms with van der Waals surface area (Å²) in [5, 5.41) is 0. The van der Waals surface area contributed by atoms with Gasteiger partial charge in [0.05, 0.1) is 0 Å². The standard InChI is InChI=1S/C12H25N/c1-8(2)12-7-9(3)5-6-11(12)10(4)13/h8-12H,5-7,13H2,1-4H3/t9-,10?,11+,12+/m1/s1. The van der Waals surface area contributed by atoms with Gasteiger partial charge in [0.1, 0.15) is 0 Å². The molecule has 0 amide bonds. The molecule has 1 aliphatic carbocycles. The second-order valence-corrected chi connectivity index (χ2v) is 5.35. The molecule has 0 heterocycles. The van der Waals surface area contributed by atoms with Crippen molar-refractivity contribution < 1.29 is 0 Å². The fraction of sp³-hybridized carbons (Fsp3) is 1.00. The number of hydrogen-bond donors (Lipinski definition) is 1. The monoisotopic (exact) mass is 183 g/mol. The van der Waals surface area contributed by atoms with Gasteiger partial charge in [0.25, 0.3) is 0 Å². The maximum Gasteiger partial charge on any atom is 0.00415 e. The minimum absolute atomic E-state index is 0.389. The minimum Gasteiger partial charge on any atom is -0.328 e. The minimum atomic E-state index is 0.389. The molecule has 1 unspecified atom stereocenters. The Hall–Kier alpha value is -0.0400. The van der Waals surface area contributed by atoms with E-state index >= 15 is 0 Å². The predicted molar refractivity (Wildman–Crippen MR) is 58.5 cm³/mol. The molecule has 1 saturated carbocycles. The first-order valence-electron chi connectivity index (χ1n) is 5.78. The zero-order valence-electron chi connectivity index (χ0n) is 9.59. The molecule has 0 radical (unpaired) electrons. The van der Waals surface area contributed by atoms with Crippen LogP contribution in [0.15, 0.2) is 0 Å². The van der Waals surface area contributed by atoms with Crippen molar-refractivity contribution in [3.05, 3.63) is 0 Å². The van der Waals surface area contributed by atoms with Crippen molar-refractivity contribution in [3.63, 3.8) is 0 Å². The van der Waals surface area contributed by atoms with Crippen LogP contribution in [0.3, 0.4) is 0 Å². The zero-order valence-corrected chi connectivity index (χ0v) is 9.59. The average Bonchev–Trinajstić information content (AvgIpc) is 2.03. The molecule has 4 atom stereocenters. The van der Waals surface area contributed by atoms with Gasteiger partial charge in [-0.3, -0.25) is 0 Å². The molecule has 13 heavy (non-hydrogen) atoms. The molecule has 0 aromatic rings. The van der Waals surface area contributed by atoms with E-state index in [9.17, 15) is 0 Å². The summed E-state index contributed by atoms with van der Waals surface area (Å²) in [7, 11) is 0. The molecule has 0 aromatic heterocycles. The normalized spacial score (nSPS) is 37.8. The summed E-state index contributed by atoms with van der Waals surface area (Å²) in [5.74, 6) is 3.36. The Balaban J connectivity index is 2.60. The molecule has 2 N–H and O–H groups in total. The smallest absolute Gasteiger partial charge is 0.00415 e. The summed E-state index contributed by atoms with van der Waals surface area (Å²) >= 11 is 0. The third-order valence-corrected chi connectivity index (χ3v) is 3.75. The molecule has 0 bridgehead atoms. The first-order valence-corrected chi connectivity index (χ1v) is 5.78. The van der Waals surface area contributed by atoms with E-state index in [0.717, 1.165) is 23.7 Å². The maximum atomic E-state index is 6.04. The van der Waals surface area contributed by atoms with Crippen LogP contribution in [0.1, 0.15) is 47.0 Å². The van der Waals surface area contributed by atoms with E-state index in [1.807, 2.05) is 0 Å². The van der Waals surface area contributed by atoms with Gasteiger partial charge in [-0.1, -0.05) is 27.2 Å². The number of nitrogens with two attached hydrogens (primary N) is 1. The third-order valence-electron chi connectivity index (χ3n) is 3.75. The molecule has 0 aromatic carbocycles. The molecular weight excluding hydrogens is 158 g/mol.